The Labute approximate surface area is 95.0 Å². The second kappa shape index (κ2) is 5.33. The van der Waals surface area contributed by atoms with Crippen molar-refractivity contribution >= 4 is 25.8 Å². The molecule has 0 saturated carbocycles. The van der Waals surface area contributed by atoms with Crippen molar-refractivity contribution in [1.82, 2.24) is 0 Å². The molecule has 82 valence electrons. The van der Waals surface area contributed by atoms with E-state index in [1.54, 1.807) is 0 Å². The smallest absolute Gasteiger partial charge is 0.212 e. The molecule has 15 heavy (non-hydrogen) atoms. The number of hydrogen-bond acceptors (Lipinski definition) is 2. The molecule has 0 heterocycles. The van der Waals surface area contributed by atoms with E-state index >= 15 is 0 Å². The van der Waals surface area contributed by atoms with Crippen molar-refractivity contribution in [3.63, 3.8) is 0 Å². The average Bonchev–Trinajstić information content (AvgIpc) is 2.14. The lowest BCUT2D eigenvalue weighted by atomic mass is 10.1. The minimum Gasteiger partial charge on any atom is -0.212 e. The van der Waals surface area contributed by atoms with Gasteiger partial charge in [-0.05, 0) is 18.9 Å². The summed E-state index contributed by atoms with van der Waals surface area (Å²) in [4.78, 5) is 0. The first kappa shape index (κ1) is 12.3. The van der Waals surface area contributed by atoms with Crippen molar-refractivity contribution in [2.24, 2.45) is 0 Å². The van der Waals surface area contributed by atoms with Crippen LogP contribution in [-0.2, 0) is 9.05 Å². The topological polar surface area (TPSA) is 34.1 Å². The summed E-state index contributed by atoms with van der Waals surface area (Å²) >= 11 is 0. The minimum absolute atomic E-state index is 0.0169. The highest BCUT2D eigenvalue weighted by atomic mass is 35.7. The number of allylic oxidation sites excluding steroid dienone is 1. The Hall–Kier alpha value is -0.800. The quantitative estimate of drug-likeness (QED) is 0.764. The van der Waals surface area contributed by atoms with E-state index in [2.05, 4.69) is 0 Å². The van der Waals surface area contributed by atoms with Gasteiger partial charge in [-0.3, -0.25) is 0 Å². The fraction of sp³-hybridized carbons (Fsp3) is 0.273. The van der Waals surface area contributed by atoms with Gasteiger partial charge in [0.05, 0.1) is 5.75 Å². The van der Waals surface area contributed by atoms with E-state index in [0.29, 0.717) is 6.42 Å². The highest BCUT2D eigenvalue weighted by Gasteiger charge is 2.01. The molecule has 4 heteroatoms. The van der Waals surface area contributed by atoms with Crippen molar-refractivity contribution in [2.75, 3.05) is 5.75 Å². The molecule has 2 nitrogen and oxygen atoms in total. The van der Waals surface area contributed by atoms with Gasteiger partial charge in [-0.25, -0.2) is 8.42 Å². The van der Waals surface area contributed by atoms with E-state index in [0.717, 1.165) is 5.56 Å². The third-order valence-corrected chi connectivity index (χ3v) is 3.10. The van der Waals surface area contributed by atoms with Crippen LogP contribution in [0.4, 0.5) is 0 Å². The molecule has 0 unspecified atom stereocenters. The molecule has 0 aromatic heterocycles. The molecule has 0 radical (unpaired) electrons. The molecular formula is C11H13ClO2S. The summed E-state index contributed by atoms with van der Waals surface area (Å²) in [6.45, 7) is 2.02. The molecular weight excluding hydrogens is 232 g/mol. The number of hydrogen-bond donors (Lipinski definition) is 0. The number of benzene rings is 1. The van der Waals surface area contributed by atoms with E-state index in [4.69, 9.17) is 10.7 Å². The fourth-order valence-corrected chi connectivity index (χ4v) is 1.79. The monoisotopic (exact) mass is 244 g/mol. The lowest BCUT2D eigenvalue weighted by Gasteiger charge is -1.94. The molecule has 0 aliphatic rings. The summed E-state index contributed by atoms with van der Waals surface area (Å²) in [6, 6.07) is 8.00. The van der Waals surface area contributed by atoms with Crippen molar-refractivity contribution < 1.29 is 8.42 Å². The van der Waals surface area contributed by atoms with E-state index in [9.17, 15) is 8.42 Å². The first-order chi connectivity index (χ1) is 6.97. The number of halogens is 1. The van der Waals surface area contributed by atoms with Crippen molar-refractivity contribution in [3.8, 4) is 0 Å². The van der Waals surface area contributed by atoms with Crippen LogP contribution in [0.3, 0.4) is 0 Å². The van der Waals surface area contributed by atoms with Gasteiger partial charge in [0, 0.05) is 10.7 Å². The van der Waals surface area contributed by atoms with Crippen LogP contribution < -0.4 is 0 Å². The van der Waals surface area contributed by atoms with Crippen LogP contribution in [0, 0.1) is 6.92 Å². The van der Waals surface area contributed by atoms with Crippen LogP contribution in [0.15, 0.2) is 30.3 Å². The van der Waals surface area contributed by atoms with Crippen molar-refractivity contribution in [1.29, 1.82) is 0 Å². The normalized spacial score (nSPS) is 12.1. The van der Waals surface area contributed by atoms with E-state index < -0.39 is 9.05 Å². The maximum Gasteiger partial charge on any atom is 0.232 e. The summed E-state index contributed by atoms with van der Waals surface area (Å²) in [7, 11) is 1.71. The molecule has 0 N–H and O–H groups in total. The summed E-state index contributed by atoms with van der Waals surface area (Å²) in [6.07, 6.45) is 4.14. The van der Waals surface area contributed by atoms with E-state index in [-0.39, 0.29) is 5.75 Å². The first-order valence-corrected chi connectivity index (χ1v) is 7.11. The molecule has 0 saturated heterocycles. The van der Waals surface area contributed by atoms with Crippen molar-refractivity contribution in [2.45, 2.75) is 13.3 Å². The first-order valence-electron chi connectivity index (χ1n) is 4.63. The van der Waals surface area contributed by atoms with Gasteiger partial charge in [-0.2, -0.15) is 0 Å². The van der Waals surface area contributed by atoms with Gasteiger partial charge in [0.1, 0.15) is 0 Å². The maximum absolute atomic E-state index is 10.6. The van der Waals surface area contributed by atoms with Gasteiger partial charge in [0.15, 0.2) is 0 Å². The van der Waals surface area contributed by atoms with Gasteiger partial charge < -0.3 is 0 Å². The van der Waals surface area contributed by atoms with Crippen LogP contribution in [-0.4, -0.2) is 14.2 Å². The molecule has 0 aliphatic heterocycles. The average molecular weight is 245 g/mol. The zero-order valence-electron chi connectivity index (χ0n) is 8.48. The largest absolute Gasteiger partial charge is 0.232 e. The third kappa shape index (κ3) is 5.60. The Balaban J connectivity index is 2.48. The van der Waals surface area contributed by atoms with Crippen LogP contribution in [0.5, 0.6) is 0 Å². The zero-order valence-corrected chi connectivity index (χ0v) is 10.1. The summed E-state index contributed by atoms with van der Waals surface area (Å²) < 4.78 is 21.2. The van der Waals surface area contributed by atoms with Crippen LogP contribution >= 0.6 is 10.7 Å². The van der Waals surface area contributed by atoms with Gasteiger partial charge in [0.25, 0.3) is 0 Å². The van der Waals surface area contributed by atoms with Crippen LogP contribution in [0.25, 0.3) is 6.08 Å². The molecule has 0 bridgehead atoms. The predicted molar refractivity (Wildman–Crippen MR) is 64.5 cm³/mol. The van der Waals surface area contributed by atoms with Gasteiger partial charge >= 0.3 is 0 Å². The molecule has 1 rings (SSSR count). The van der Waals surface area contributed by atoms with E-state index in [1.165, 1.54) is 5.56 Å². The maximum atomic E-state index is 10.6. The molecule has 0 amide bonds. The highest BCUT2D eigenvalue weighted by Crippen LogP contribution is 2.06. The third-order valence-electron chi connectivity index (χ3n) is 1.92. The van der Waals surface area contributed by atoms with E-state index in [1.807, 2.05) is 43.3 Å². The number of rotatable bonds is 4. The summed E-state index contributed by atoms with van der Waals surface area (Å²) in [5.74, 6) is -0.0169. The molecule has 1 aromatic rings. The Bertz CT molecular complexity index is 432. The van der Waals surface area contributed by atoms with Crippen LogP contribution in [0.1, 0.15) is 17.5 Å². The Morgan fingerprint density at radius 3 is 2.40 bits per heavy atom. The van der Waals surface area contributed by atoms with Crippen LogP contribution in [0.2, 0.25) is 0 Å². The summed E-state index contributed by atoms with van der Waals surface area (Å²) in [5, 5.41) is 0. The Morgan fingerprint density at radius 1 is 1.27 bits per heavy atom. The second-order valence-corrected chi connectivity index (χ2v) is 6.24. The molecule has 1 aromatic carbocycles. The minimum atomic E-state index is -3.36. The zero-order chi connectivity index (χ0) is 11.3. The highest BCUT2D eigenvalue weighted by molar-refractivity contribution is 8.13. The Kier molecular flexibility index (Phi) is 4.36. The SMILES string of the molecule is Cc1ccc(/C=C/CCS(=O)(=O)Cl)cc1. The lowest BCUT2D eigenvalue weighted by molar-refractivity contribution is 0.609. The predicted octanol–water partition coefficient (Wildman–Crippen LogP) is 2.97. The second-order valence-electron chi connectivity index (χ2n) is 3.34. The molecule has 0 spiro atoms. The number of aryl methyl sites for hydroxylation is 1. The van der Waals surface area contributed by atoms with Gasteiger partial charge in [-0.1, -0.05) is 42.0 Å². The fourth-order valence-electron chi connectivity index (χ4n) is 1.11. The Morgan fingerprint density at radius 2 is 1.87 bits per heavy atom. The molecule has 0 atom stereocenters. The molecule has 0 aliphatic carbocycles. The van der Waals surface area contributed by atoms with Gasteiger partial charge in [0.2, 0.25) is 9.05 Å². The van der Waals surface area contributed by atoms with Gasteiger partial charge in [-0.15, -0.1) is 0 Å². The summed E-state index contributed by atoms with van der Waals surface area (Å²) in [5.41, 5.74) is 2.27. The lowest BCUT2D eigenvalue weighted by Crippen LogP contribution is -1.94. The standard InChI is InChI=1S/C11H13ClO2S/c1-10-5-7-11(8-6-10)4-2-3-9-15(12,13)14/h2,4-8H,3,9H2,1H3/b4-2+. The molecule has 0 fully saturated rings. The van der Waals surface area contributed by atoms with Crippen molar-refractivity contribution in [3.05, 3.63) is 41.5 Å².